The average molecular weight is 229 g/mol. The van der Waals surface area contributed by atoms with Crippen molar-refractivity contribution in [3.63, 3.8) is 0 Å². The molecule has 0 aliphatic carbocycles. The zero-order chi connectivity index (χ0) is 11.3. The fourth-order valence-corrected chi connectivity index (χ4v) is 1.72. The molecule has 0 unspecified atom stereocenters. The first kappa shape index (κ1) is 12.4. The quantitative estimate of drug-likeness (QED) is 0.579. The summed E-state index contributed by atoms with van der Waals surface area (Å²) >= 11 is 5.17. The summed E-state index contributed by atoms with van der Waals surface area (Å²) in [6.07, 6.45) is 2.65. The number of aromatic amines is 1. The standard InChI is InChI=1S/C10H19N3OS/c1-8(2)7-13-9(5-3-4-6-14)11-12-10(13)15/h8,14H,3-7H2,1-2H3,(H,12,15). The second kappa shape index (κ2) is 6.02. The Balaban J connectivity index is 2.66. The summed E-state index contributed by atoms with van der Waals surface area (Å²) in [5.41, 5.74) is 0. The maximum Gasteiger partial charge on any atom is 0.195 e. The lowest BCUT2D eigenvalue weighted by Crippen LogP contribution is -2.09. The van der Waals surface area contributed by atoms with Crippen molar-refractivity contribution in [1.82, 2.24) is 14.8 Å². The summed E-state index contributed by atoms with van der Waals surface area (Å²) in [7, 11) is 0. The number of aliphatic hydroxyl groups excluding tert-OH is 1. The van der Waals surface area contributed by atoms with Crippen LogP contribution in [-0.4, -0.2) is 26.5 Å². The minimum atomic E-state index is 0.245. The fraction of sp³-hybridized carbons (Fsp3) is 0.800. The van der Waals surface area contributed by atoms with Crippen LogP contribution in [0.3, 0.4) is 0 Å². The molecule has 0 atom stereocenters. The number of unbranched alkanes of at least 4 members (excludes halogenated alkanes) is 1. The minimum Gasteiger partial charge on any atom is -0.396 e. The van der Waals surface area contributed by atoms with E-state index in [2.05, 4.69) is 28.6 Å². The van der Waals surface area contributed by atoms with Gasteiger partial charge in [-0.25, -0.2) is 0 Å². The molecule has 1 heterocycles. The van der Waals surface area contributed by atoms with Gasteiger partial charge in [0.1, 0.15) is 5.82 Å². The highest BCUT2D eigenvalue weighted by molar-refractivity contribution is 7.71. The van der Waals surface area contributed by atoms with Gasteiger partial charge in [0.15, 0.2) is 4.77 Å². The van der Waals surface area contributed by atoms with E-state index in [1.807, 2.05) is 0 Å². The van der Waals surface area contributed by atoms with E-state index in [4.69, 9.17) is 17.3 Å². The van der Waals surface area contributed by atoms with Crippen LogP contribution in [0, 0.1) is 10.7 Å². The maximum absolute atomic E-state index is 8.71. The van der Waals surface area contributed by atoms with E-state index in [1.54, 1.807) is 0 Å². The fourth-order valence-electron chi connectivity index (χ4n) is 1.49. The topological polar surface area (TPSA) is 53.8 Å². The molecule has 15 heavy (non-hydrogen) atoms. The van der Waals surface area contributed by atoms with E-state index in [1.165, 1.54) is 0 Å². The van der Waals surface area contributed by atoms with E-state index in [0.717, 1.165) is 31.6 Å². The molecular weight excluding hydrogens is 210 g/mol. The molecule has 2 N–H and O–H groups in total. The highest BCUT2D eigenvalue weighted by atomic mass is 32.1. The second-order valence-electron chi connectivity index (χ2n) is 4.13. The molecule has 1 rings (SSSR count). The lowest BCUT2D eigenvalue weighted by atomic mass is 10.2. The van der Waals surface area contributed by atoms with Crippen molar-refractivity contribution in [2.75, 3.05) is 6.61 Å². The molecular formula is C10H19N3OS. The van der Waals surface area contributed by atoms with Crippen molar-refractivity contribution in [2.45, 2.75) is 39.7 Å². The molecule has 0 radical (unpaired) electrons. The Labute approximate surface area is 95.3 Å². The summed E-state index contributed by atoms with van der Waals surface area (Å²) in [6.45, 7) is 5.47. The van der Waals surface area contributed by atoms with Crippen molar-refractivity contribution in [2.24, 2.45) is 5.92 Å². The van der Waals surface area contributed by atoms with Gasteiger partial charge < -0.3 is 9.67 Å². The van der Waals surface area contributed by atoms with Gasteiger partial charge in [0, 0.05) is 19.6 Å². The third-order valence-corrected chi connectivity index (χ3v) is 2.51. The van der Waals surface area contributed by atoms with E-state index in [9.17, 15) is 0 Å². The van der Waals surface area contributed by atoms with Crippen molar-refractivity contribution in [1.29, 1.82) is 0 Å². The molecule has 1 aromatic heterocycles. The number of hydrogen-bond acceptors (Lipinski definition) is 3. The number of aromatic nitrogens is 3. The summed E-state index contributed by atoms with van der Waals surface area (Å²) in [6, 6.07) is 0. The van der Waals surface area contributed by atoms with Crippen molar-refractivity contribution < 1.29 is 5.11 Å². The number of hydrogen-bond donors (Lipinski definition) is 2. The molecule has 1 aromatic rings. The Morgan fingerprint density at radius 1 is 1.47 bits per heavy atom. The van der Waals surface area contributed by atoms with Gasteiger partial charge in [-0.15, -0.1) is 0 Å². The molecule has 0 aliphatic heterocycles. The van der Waals surface area contributed by atoms with Gasteiger partial charge >= 0.3 is 0 Å². The number of rotatable bonds is 6. The first-order chi connectivity index (χ1) is 7.15. The minimum absolute atomic E-state index is 0.245. The van der Waals surface area contributed by atoms with Gasteiger partial charge in [-0.1, -0.05) is 13.8 Å². The zero-order valence-corrected chi connectivity index (χ0v) is 10.2. The Morgan fingerprint density at radius 3 is 2.80 bits per heavy atom. The molecule has 0 saturated carbocycles. The van der Waals surface area contributed by atoms with Crippen LogP contribution in [0.4, 0.5) is 0 Å². The van der Waals surface area contributed by atoms with Crippen molar-refractivity contribution in [3.05, 3.63) is 10.6 Å². The SMILES string of the molecule is CC(C)Cn1c(CCCCO)n[nH]c1=S. The van der Waals surface area contributed by atoms with E-state index >= 15 is 0 Å². The van der Waals surface area contributed by atoms with Crippen LogP contribution in [0.1, 0.15) is 32.5 Å². The molecule has 4 nitrogen and oxygen atoms in total. The summed E-state index contributed by atoms with van der Waals surface area (Å²) < 4.78 is 2.75. The molecule has 86 valence electrons. The van der Waals surface area contributed by atoms with Crippen LogP contribution in [0.25, 0.3) is 0 Å². The zero-order valence-electron chi connectivity index (χ0n) is 9.36. The summed E-state index contributed by atoms with van der Waals surface area (Å²) in [5, 5.41) is 15.7. The van der Waals surface area contributed by atoms with E-state index in [0.29, 0.717) is 10.7 Å². The summed E-state index contributed by atoms with van der Waals surface area (Å²) in [4.78, 5) is 0. The molecule has 0 amide bonds. The van der Waals surface area contributed by atoms with Gasteiger partial charge in [0.2, 0.25) is 0 Å². The van der Waals surface area contributed by atoms with E-state index in [-0.39, 0.29) is 6.61 Å². The number of H-pyrrole nitrogens is 1. The Bertz CT molecular complexity index is 343. The molecule has 5 heteroatoms. The largest absolute Gasteiger partial charge is 0.396 e. The van der Waals surface area contributed by atoms with Gasteiger partial charge in [-0.3, -0.25) is 5.10 Å². The molecule has 0 spiro atoms. The number of nitrogens with one attached hydrogen (secondary N) is 1. The predicted molar refractivity (Wildman–Crippen MR) is 62.3 cm³/mol. The van der Waals surface area contributed by atoms with Gasteiger partial charge in [0.25, 0.3) is 0 Å². The first-order valence-electron chi connectivity index (χ1n) is 5.40. The Kier molecular flexibility index (Phi) is 4.98. The van der Waals surface area contributed by atoms with E-state index < -0.39 is 0 Å². The lowest BCUT2D eigenvalue weighted by Gasteiger charge is -2.08. The van der Waals surface area contributed by atoms with Crippen LogP contribution in [0.2, 0.25) is 0 Å². The van der Waals surface area contributed by atoms with Crippen molar-refractivity contribution >= 4 is 12.2 Å². The van der Waals surface area contributed by atoms with Crippen LogP contribution in [-0.2, 0) is 13.0 Å². The summed E-state index contributed by atoms with van der Waals surface area (Å²) in [5.74, 6) is 1.56. The third-order valence-electron chi connectivity index (χ3n) is 2.19. The normalized spacial score (nSPS) is 11.2. The van der Waals surface area contributed by atoms with Crippen molar-refractivity contribution in [3.8, 4) is 0 Å². The number of nitrogens with zero attached hydrogens (tertiary/aromatic N) is 2. The molecule has 0 fully saturated rings. The van der Waals surface area contributed by atoms with Crippen LogP contribution in [0.15, 0.2) is 0 Å². The van der Waals surface area contributed by atoms with Crippen LogP contribution < -0.4 is 0 Å². The molecule has 0 aliphatic rings. The molecule has 0 aromatic carbocycles. The maximum atomic E-state index is 8.71. The van der Waals surface area contributed by atoms with Gasteiger partial charge in [-0.05, 0) is 31.0 Å². The lowest BCUT2D eigenvalue weighted by molar-refractivity contribution is 0.284. The monoisotopic (exact) mass is 229 g/mol. The molecule has 0 bridgehead atoms. The number of aryl methyl sites for hydroxylation is 1. The van der Waals surface area contributed by atoms with Crippen LogP contribution >= 0.6 is 12.2 Å². The Morgan fingerprint density at radius 2 is 2.20 bits per heavy atom. The van der Waals surface area contributed by atoms with Gasteiger partial charge in [-0.2, -0.15) is 5.10 Å². The highest BCUT2D eigenvalue weighted by Gasteiger charge is 2.06. The smallest absolute Gasteiger partial charge is 0.195 e. The highest BCUT2D eigenvalue weighted by Crippen LogP contribution is 2.07. The average Bonchev–Trinajstić information content (AvgIpc) is 2.49. The Hall–Kier alpha value is -0.680. The first-order valence-corrected chi connectivity index (χ1v) is 5.81. The number of aliphatic hydroxyl groups is 1. The van der Waals surface area contributed by atoms with Gasteiger partial charge in [0.05, 0.1) is 0 Å². The third kappa shape index (κ3) is 3.76. The predicted octanol–water partition coefficient (Wildman–Crippen LogP) is 1.91. The second-order valence-corrected chi connectivity index (χ2v) is 4.52. The van der Waals surface area contributed by atoms with Crippen LogP contribution in [0.5, 0.6) is 0 Å². The molecule has 0 saturated heterocycles.